The molecule has 1 aromatic rings. The maximum Gasteiger partial charge on any atom is 0.315 e. The number of hydrogen-bond donors (Lipinski definition) is 2. The van der Waals surface area contributed by atoms with Crippen LogP contribution in [-0.4, -0.2) is 42.9 Å². The molecule has 0 amide bonds. The number of alkyl halides is 2. The van der Waals surface area contributed by atoms with Gasteiger partial charge in [0.1, 0.15) is 6.61 Å². The molecular formula is C9H16F2N4O2. The number of rotatable bonds is 9. The molecule has 0 unspecified atom stereocenters. The highest BCUT2D eigenvalue weighted by atomic mass is 19.3. The van der Waals surface area contributed by atoms with Gasteiger partial charge in [-0.05, 0) is 6.54 Å². The molecule has 0 spiro atoms. The quantitative estimate of drug-likeness (QED) is 0.634. The highest BCUT2D eigenvalue weighted by molar-refractivity contribution is 5.16. The lowest BCUT2D eigenvalue weighted by molar-refractivity contribution is 0.0214. The highest BCUT2D eigenvalue weighted by Gasteiger charge is 2.05. The Kier molecular flexibility index (Phi) is 6.41. The first-order valence-corrected chi connectivity index (χ1v) is 5.35. The Hall–Kier alpha value is -1.28. The topological polar surface area (TPSA) is 72.2 Å². The second kappa shape index (κ2) is 7.91. The zero-order valence-electron chi connectivity index (χ0n) is 9.58. The van der Waals surface area contributed by atoms with Crippen LogP contribution < -0.4 is 10.6 Å². The number of nitrogens with one attached hydrogen (secondary N) is 2. The van der Waals surface area contributed by atoms with Gasteiger partial charge in [0.25, 0.3) is 6.43 Å². The minimum atomic E-state index is -2.44. The van der Waals surface area contributed by atoms with E-state index in [1.54, 1.807) is 0 Å². The predicted octanol–water partition coefficient (Wildman–Crippen LogP) is 0.873. The molecule has 17 heavy (non-hydrogen) atoms. The molecule has 0 atom stereocenters. The van der Waals surface area contributed by atoms with Crippen LogP contribution in [-0.2, 0) is 11.3 Å². The Bertz CT molecular complexity index is 309. The first-order valence-electron chi connectivity index (χ1n) is 5.35. The fourth-order valence-electron chi connectivity index (χ4n) is 1.03. The summed E-state index contributed by atoms with van der Waals surface area (Å²) in [6.45, 7) is 3.23. The molecular weight excluding hydrogens is 234 g/mol. The van der Waals surface area contributed by atoms with Gasteiger partial charge in [-0.1, -0.05) is 12.0 Å². The third-order valence-corrected chi connectivity index (χ3v) is 1.76. The minimum Gasteiger partial charge on any atom is -0.407 e. The van der Waals surface area contributed by atoms with Crippen LogP contribution in [0.2, 0.25) is 0 Å². The lowest BCUT2D eigenvalue weighted by atomic mass is 10.6. The molecule has 0 saturated carbocycles. The van der Waals surface area contributed by atoms with E-state index in [1.807, 2.05) is 6.92 Å². The third-order valence-electron chi connectivity index (χ3n) is 1.76. The van der Waals surface area contributed by atoms with Gasteiger partial charge in [0.15, 0.2) is 0 Å². The Morgan fingerprint density at radius 3 is 2.94 bits per heavy atom. The van der Waals surface area contributed by atoms with Crippen molar-refractivity contribution in [3.8, 4) is 0 Å². The van der Waals surface area contributed by atoms with Crippen molar-refractivity contribution in [2.24, 2.45) is 0 Å². The van der Waals surface area contributed by atoms with E-state index in [-0.39, 0.29) is 12.6 Å². The van der Waals surface area contributed by atoms with Gasteiger partial charge in [-0.15, -0.1) is 5.10 Å². The lowest BCUT2D eigenvalue weighted by Gasteiger charge is -2.03. The Morgan fingerprint density at radius 2 is 2.24 bits per heavy atom. The van der Waals surface area contributed by atoms with Crippen LogP contribution >= 0.6 is 0 Å². The van der Waals surface area contributed by atoms with Crippen LogP contribution in [0.3, 0.4) is 0 Å². The van der Waals surface area contributed by atoms with E-state index in [9.17, 15) is 8.78 Å². The SMILES string of the molecule is CCNCc1nnc(NCCOCC(F)F)o1. The molecule has 0 bridgehead atoms. The number of aromatic nitrogens is 2. The fourth-order valence-corrected chi connectivity index (χ4v) is 1.03. The summed E-state index contributed by atoms with van der Waals surface area (Å²) in [5.41, 5.74) is 0. The fraction of sp³-hybridized carbons (Fsp3) is 0.778. The van der Waals surface area contributed by atoms with Gasteiger partial charge in [-0.25, -0.2) is 8.78 Å². The van der Waals surface area contributed by atoms with Gasteiger partial charge >= 0.3 is 6.01 Å². The summed E-state index contributed by atoms with van der Waals surface area (Å²) in [5.74, 6) is 0.475. The summed E-state index contributed by atoms with van der Waals surface area (Å²) in [7, 11) is 0. The molecule has 2 N–H and O–H groups in total. The Labute approximate surface area is 97.7 Å². The zero-order valence-corrected chi connectivity index (χ0v) is 9.58. The van der Waals surface area contributed by atoms with Crippen LogP contribution in [0, 0.1) is 0 Å². The molecule has 0 radical (unpaired) electrons. The molecule has 1 aromatic heterocycles. The van der Waals surface area contributed by atoms with Crippen molar-refractivity contribution in [1.29, 1.82) is 0 Å². The molecule has 0 aromatic carbocycles. The highest BCUT2D eigenvalue weighted by Crippen LogP contribution is 2.04. The molecule has 0 saturated heterocycles. The molecule has 0 aliphatic rings. The molecule has 1 rings (SSSR count). The van der Waals surface area contributed by atoms with Crippen molar-refractivity contribution >= 4 is 6.01 Å². The van der Waals surface area contributed by atoms with E-state index in [0.717, 1.165) is 6.54 Å². The van der Waals surface area contributed by atoms with Gasteiger partial charge in [-0.2, -0.15) is 0 Å². The van der Waals surface area contributed by atoms with E-state index in [0.29, 0.717) is 19.0 Å². The largest absolute Gasteiger partial charge is 0.407 e. The van der Waals surface area contributed by atoms with Crippen LogP contribution in [0.5, 0.6) is 0 Å². The molecule has 1 heterocycles. The van der Waals surface area contributed by atoms with Crippen molar-refractivity contribution in [2.75, 3.05) is 31.6 Å². The number of ether oxygens (including phenoxy) is 1. The molecule has 0 aliphatic carbocycles. The summed E-state index contributed by atoms with van der Waals surface area (Å²) < 4.78 is 33.3. The van der Waals surface area contributed by atoms with Gasteiger partial charge in [0, 0.05) is 6.54 Å². The van der Waals surface area contributed by atoms with Gasteiger partial charge in [0.05, 0.1) is 13.2 Å². The van der Waals surface area contributed by atoms with Gasteiger partial charge < -0.3 is 19.8 Å². The third kappa shape index (κ3) is 6.12. The summed E-state index contributed by atoms with van der Waals surface area (Å²) in [4.78, 5) is 0. The number of hydrogen-bond acceptors (Lipinski definition) is 6. The summed E-state index contributed by atoms with van der Waals surface area (Å²) >= 11 is 0. The smallest absolute Gasteiger partial charge is 0.315 e. The number of nitrogens with zero attached hydrogens (tertiary/aromatic N) is 2. The minimum absolute atomic E-state index is 0.162. The zero-order chi connectivity index (χ0) is 12.5. The van der Waals surface area contributed by atoms with E-state index in [4.69, 9.17) is 4.42 Å². The van der Waals surface area contributed by atoms with Crippen molar-refractivity contribution in [3.63, 3.8) is 0 Å². The Morgan fingerprint density at radius 1 is 1.41 bits per heavy atom. The van der Waals surface area contributed by atoms with Crippen molar-refractivity contribution < 1.29 is 17.9 Å². The van der Waals surface area contributed by atoms with Crippen LogP contribution in [0.25, 0.3) is 0 Å². The second-order valence-electron chi connectivity index (χ2n) is 3.17. The lowest BCUT2D eigenvalue weighted by Crippen LogP contribution is -2.13. The average molecular weight is 250 g/mol. The molecule has 0 fully saturated rings. The van der Waals surface area contributed by atoms with Crippen LogP contribution in [0.1, 0.15) is 12.8 Å². The predicted molar refractivity (Wildman–Crippen MR) is 57.0 cm³/mol. The molecule has 6 nitrogen and oxygen atoms in total. The second-order valence-corrected chi connectivity index (χ2v) is 3.17. The summed E-state index contributed by atoms with van der Waals surface area (Å²) in [5, 5.41) is 13.3. The monoisotopic (exact) mass is 250 g/mol. The number of halogens is 2. The molecule has 0 aliphatic heterocycles. The molecule has 98 valence electrons. The van der Waals surface area contributed by atoms with E-state index in [1.165, 1.54) is 0 Å². The first-order chi connectivity index (χ1) is 8.22. The Balaban J connectivity index is 2.12. The van der Waals surface area contributed by atoms with Gasteiger partial charge in [0.2, 0.25) is 5.89 Å². The van der Waals surface area contributed by atoms with Gasteiger partial charge in [-0.3, -0.25) is 0 Å². The van der Waals surface area contributed by atoms with Crippen molar-refractivity contribution in [2.45, 2.75) is 19.9 Å². The maximum absolute atomic E-state index is 11.7. The van der Waals surface area contributed by atoms with Crippen molar-refractivity contribution in [3.05, 3.63) is 5.89 Å². The number of anilines is 1. The summed E-state index contributed by atoms with van der Waals surface area (Å²) in [6.07, 6.45) is -2.44. The van der Waals surface area contributed by atoms with E-state index >= 15 is 0 Å². The first kappa shape index (κ1) is 13.8. The normalized spacial score (nSPS) is 11.1. The summed E-state index contributed by atoms with van der Waals surface area (Å²) in [6, 6.07) is 0.263. The molecule has 8 heteroatoms. The van der Waals surface area contributed by atoms with E-state index < -0.39 is 13.0 Å². The van der Waals surface area contributed by atoms with Crippen LogP contribution in [0.4, 0.5) is 14.8 Å². The van der Waals surface area contributed by atoms with Crippen molar-refractivity contribution in [1.82, 2.24) is 15.5 Å². The van der Waals surface area contributed by atoms with Crippen LogP contribution in [0.15, 0.2) is 4.42 Å². The maximum atomic E-state index is 11.7. The average Bonchev–Trinajstić information content (AvgIpc) is 2.73. The van der Waals surface area contributed by atoms with E-state index in [2.05, 4.69) is 25.6 Å². The standard InChI is InChI=1S/C9H16F2N4O2/c1-2-12-5-8-14-15-9(17-8)13-3-4-16-6-7(10)11/h7,12H,2-6H2,1H3,(H,13,15).